The standard InChI is InChI=1S/C12H9ClN2O3/c13-14-9-1-5-11(6-2-9)18-12-7-3-10(4-8-12)15(16)17/h1-8,14H. The highest BCUT2D eigenvalue weighted by Crippen LogP contribution is 2.24. The van der Waals surface area contributed by atoms with Crippen LogP contribution in [0.4, 0.5) is 11.4 Å². The highest BCUT2D eigenvalue weighted by molar-refractivity contribution is 6.23. The largest absolute Gasteiger partial charge is 0.457 e. The van der Waals surface area contributed by atoms with Gasteiger partial charge >= 0.3 is 0 Å². The van der Waals surface area contributed by atoms with Crippen LogP contribution < -0.4 is 9.57 Å². The third-order valence-corrected chi connectivity index (χ3v) is 2.46. The molecule has 0 radical (unpaired) electrons. The first-order valence-corrected chi connectivity index (χ1v) is 5.46. The summed E-state index contributed by atoms with van der Waals surface area (Å²) in [6, 6.07) is 12.9. The first-order chi connectivity index (χ1) is 8.69. The second kappa shape index (κ2) is 5.37. The van der Waals surface area contributed by atoms with Crippen molar-refractivity contribution in [2.45, 2.75) is 0 Å². The zero-order chi connectivity index (χ0) is 13.0. The van der Waals surface area contributed by atoms with E-state index in [1.165, 1.54) is 12.1 Å². The lowest BCUT2D eigenvalue weighted by Crippen LogP contribution is -1.88. The van der Waals surface area contributed by atoms with Crippen LogP contribution in [0, 0.1) is 10.1 Å². The first kappa shape index (κ1) is 12.2. The van der Waals surface area contributed by atoms with E-state index in [2.05, 4.69) is 4.84 Å². The lowest BCUT2D eigenvalue weighted by molar-refractivity contribution is -0.384. The van der Waals surface area contributed by atoms with Crippen LogP contribution in [0.25, 0.3) is 0 Å². The minimum atomic E-state index is -0.454. The molecule has 92 valence electrons. The Hall–Kier alpha value is -2.27. The Labute approximate surface area is 108 Å². The number of nitro groups is 1. The van der Waals surface area contributed by atoms with E-state index in [1.807, 2.05) is 0 Å². The summed E-state index contributed by atoms with van der Waals surface area (Å²) < 4.78 is 5.52. The van der Waals surface area contributed by atoms with Gasteiger partial charge in [0, 0.05) is 29.6 Å². The Bertz CT molecular complexity index is 540. The lowest BCUT2D eigenvalue weighted by atomic mass is 10.3. The molecule has 0 amide bonds. The summed E-state index contributed by atoms with van der Waals surface area (Å²) in [4.78, 5) is 12.5. The molecule has 18 heavy (non-hydrogen) atoms. The van der Waals surface area contributed by atoms with Crippen molar-refractivity contribution in [3.63, 3.8) is 0 Å². The molecule has 2 aromatic carbocycles. The average Bonchev–Trinajstić information content (AvgIpc) is 2.40. The molecule has 0 spiro atoms. The molecule has 2 aromatic rings. The summed E-state index contributed by atoms with van der Waals surface area (Å²) >= 11 is 5.43. The van der Waals surface area contributed by atoms with E-state index >= 15 is 0 Å². The Kier molecular flexibility index (Phi) is 3.64. The Morgan fingerprint density at radius 3 is 1.94 bits per heavy atom. The van der Waals surface area contributed by atoms with Gasteiger partial charge in [0.2, 0.25) is 0 Å². The van der Waals surface area contributed by atoms with Crippen molar-refractivity contribution in [3.05, 3.63) is 58.6 Å². The fraction of sp³-hybridized carbons (Fsp3) is 0. The molecule has 0 atom stereocenters. The Morgan fingerprint density at radius 2 is 1.50 bits per heavy atom. The molecule has 6 heteroatoms. The molecule has 0 aliphatic heterocycles. The van der Waals surface area contributed by atoms with Crippen LogP contribution in [0.1, 0.15) is 0 Å². The monoisotopic (exact) mass is 264 g/mol. The average molecular weight is 265 g/mol. The molecule has 0 aromatic heterocycles. The van der Waals surface area contributed by atoms with Gasteiger partial charge in [-0.25, -0.2) is 0 Å². The maximum Gasteiger partial charge on any atom is 0.269 e. The highest BCUT2D eigenvalue weighted by Gasteiger charge is 2.04. The van der Waals surface area contributed by atoms with Gasteiger partial charge in [0.05, 0.1) is 4.92 Å². The van der Waals surface area contributed by atoms with Crippen molar-refractivity contribution in [2.24, 2.45) is 0 Å². The molecule has 0 unspecified atom stereocenters. The quantitative estimate of drug-likeness (QED) is 0.516. The molecule has 0 aliphatic rings. The van der Waals surface area contributed by atoms with Gasteiger partial charge < -0.3 is 4.74 Å². The van der Waals surface area contributed by atoms with E-state index in [0.29, 0.717) is 11.5 Å². The van der Waals surface area contributed by atoms with Crippen LogP contribution in [-0.2, 0) is 0 Å². The third kappa shape index (κ3) is 2.89. The Balaban J connectivity index is 2.10. The molecule has 0 saturated heterocycles. The van der Waals surface area contributed by atoms with Crippen LogP contribution in [0.15, 0.2) is 48.5 Å². The number of nitrogens with zero attached hydrogens (tertiary/aromatic N) is 1. The molecule has 5 nitrogen and oxygen atoms in total. The molecule has 0 saturated carbocycles. The molecule has 0 aliphatic carbocycles. The maximum absolute atomic E-state index is 10.5. The number of anilines is 1. The Morgan fingerprint density at radius 1 is 1.00 bits per heavy atom. The number of non-ortho nitro benzene ring substituents is 1. The fourth-order valence-corrected chi connectivity index (χ4v) is 1.48. The van der Waals surface area contributed by atoms with Crippen molar-refractivity contribution in [3.8, 4) is 11.5 Å². The number of nitrogens with one attached hydrogen (secondary N) is 1. The SMILES string of the molecule is O=[N+]([O-])c1ccc(Oc2ccc(NCl)cc2)cc1. The van der Waals surface area contributed by atoms with Crippen molar-refractivity contribution < 1.29 is 9.66 Å². The van der Waals surface area contributed by atoms with E-state index in [-0.39, 0.29) is 5.69 Å². The minimum Gasteiger partial charge on any atom is -0.457 e. The summed E-state index contributed by atoms with van der Waals surface area (Å²) in [7, 11) is 0. The number of nitro benzene ring substituents is 1. The number of benzene rings is 2. The van der Waals surface area contributed by atoms with E-state index < -0.39 is 4.92 Å². The fourth-order valence-electron chi connectivity index (χ4n) is 1.36. The van der Waals surface area contributed by atoms with Gasteiger partial charge in [-0.15, -0.1) is 0 Å². The number of halogens is 1. The highest BCUT2D eigenvalue weighted by atomic mass is 35.5. The maximum atomic E-state index is 10.5. The summed E-state index contributed by atoms with van der Waals surface area (Å²) in [5, 5.41) is 10.5. The van der Waals surface area contributed by atoms with Gasteiger partial charge in [0.15, 0.2) is 0 Å². The first-order valence-electron chi connectivity index (χ1n) is 5.08. The number of hydrogen-bond donors (Lipinski definition) is 1. The lowest BCUT2D eigenvalue weighted by Gasteiger charge is -2.05. The van der Waals surface area contributed by atoms with E-state index in [1.54, 1.807) is 36.4 Å². The van der Waals surface area contributed by atoms with Crippen molar-refractivity contribution >= 4 is 23.2 Å². The van der Waals surface area contributed by atoms with Gasteiger partial charge in [-0.2, -0.15) is 0 Å². The zero-order valence-corrected chi connectivity index (χ0v) is 9.92. The summed E-state index contributed by atoms with van der Waals surface area (Å²) in [6.07, 6.45) is 0. The summed E-state index contributed by atoms with van der Waals surface area (Å²) in [6.45, 7) is 0. The van der Waals surface area contributed by atoms with Gasteiger partial charge in [0.1, 0.15) is 11.5 Å². The number of rotatable bonds is 4. The van der Waals surface area contributed by atoms with Crippen LogP contribution >= 0.6 is 11.8 Å². The second-order valence-corrected chi connectivity index (χ2v) is 3.66. The third-order valence-electron chi connectivity index (χ3n) is 2.25. The predicted molar refractivity (Wildman–Crippen MR) is 69.1 cm³/mol. The van der Waals surface area contributed by atoms with Gasteiger partial charge in [-0.3, -0.25) is 15.0 Å². The van der Waals surface area contributed by atoms with E-state index in [0.717, 1.165) is 5.69 Å². The van der Waals surface area contributed by atoms with Crippen LogP contribution in [0.2, 0.25) is 0 Å². The van der Waals surface area contributed by atoms with Gasteiger partial charge in [-0.1, -0.05) is 0 Å². The van der Waals surface area contributed by atoms with Gasteiger partial charge in [-0.05, 0) is 36.4 Å². The van der Waals surface area contributed by atoms with Crippen molar-refractivity contribution in [1.82, 2.24) is 0 Å². The second-order valence-electron chi connectivity index (χ2n) is 3.47. The van der Waals surface area contributed by atoms with E-state index in [9.17, 15) is 10.1 Å². The molecule has 1 N–H and O–H groups in total. The molecular formula is C12H9ClN2O3. The summed E-state index contributed by atoms with van der Waals surface area (Å²) in [5.74, 6) is 1.16. The van der Waals surface area contributed by atoms with Crippen LogP contribution in [-0.4, -0.2) is 4.92 Å². The minimum absolute atomic E-state index is 0.0315. The van der Waals surface area contributed by atoms with Gasteiger partial charge in [0.25, 0.3) is 5.69 Å². The predicted octanol–water partition coefficient (Wildman–Crippen LogP) is 3.95. The topological polar surface area (TPSA) is 64.4 Å². The van der Waals surface area contributed by atoms with E-state index in [4.69, 9.17) is 16.5 Å². The number of hydrogen-bond acceptors (Lipinski definition) is 4. The van der Waals surface area contributed by atoms with Crippen LogP contribution in [0.5, 0.6) is 11.5 Å². The molecule has 0 bridgehead atoms. The zero-order valence-electron chi connectivity index (χ0n) is 9.17. The summed E-state index contributed by atoms with van der Waals surface area (Å²) in [5.41, 5.74) is 0.789. The molecule has 2 rings (SSSR count). The molecule has 0 fully saturated rings. The molecular weight excluding hydrogens is 256 g/mol. The number of ether oxygens (including phenoxy) is 1. The van der Waals surface area contributed by atoms with Crippen molar-refractivity contribution in [2.75, 3.05) is 4.84 Å². The molecule has 0 heterocycles. The smallest absolute Gasteiger partial charge is 0.269 e. The van der Waals surface area contributed by atoms with Crippen LogP contribution in [0.3, 0.4) is 0 Å². The van der Waals surface area contributed by atoms with Crippen molar-refractivity contribution in [1.29, 1.82) is 0 Å². The normalized spacial score (nSPS) is 9.83.